The number of para-hydroxylation sites is 1. The zero-order chi connectivity index (χ0) is 13.9. The molecule has 1 amide bonds. The van der Waals surface area contributed by atoms with Gasteiger partial charge in [0, 0.05) is 24.6 Å². The maximum Gasteiger partial charge on any atom is 0.221 e. The molecular weight excluding hydrogens is 256 g/mol. The van der Waals surface area contributed by atoms with Gasteiger partial charge in [0.2, 0.25) is 5.91 Å². The Labute approximate surface area is 116 Å². The number of anilines is 1. The van der Waals surface area contributed by atoms with Crippen LogP contribution in [0.1, 0.15) is 36.7 Å². The van der Waals surface area contributed by atoms with Gasteiger partial charge in [-0.2, -0.15) is 5.21 Å². The molecule has 1 aliphatic rings. The number of carbonyl (C=O) groups excluding carboxylic acids is 1. The van der Waals surface area contributed by atoms with Crippen LogP contribution in [0.15, 0.2) is 24.3 Å². The van der Waals surface area contributed by atoms with Crippen LogP contribution >= 0.6 is 0 Å². The largest absolute Gasteiger partial charge is 0.384 e. The fourth-order valence-electron chi connectivity index (χ4n) is 2.48. The van der Waals surface area contributed by atoms with Gasteiger partial charge in [-0.25, -0.2) is 0 Å². The zero-order valence-corrected chi connectivity index (χ0v) is 11.1. The molecule has 2 atom stereocenters. The molecule has 3 N–H and O–H groups in total. The minimum absolute atomic E-state index is 0.00852. The molecule has 1 aliphatic heterocycles. The van der Waals surface area contributed by atoms with Crippen molar-refractivity contribution < 1.29 is 4.79 Å². The lowest BCUT2D eigenvalue weighted by Gasteiger charge is -2.13. The number of aromatic nitrogens is 4. The number of fused-ring (bicyclic) bond motifs is 1. The van der Waals surface area contributed by atoms with Crippen molar-refractivity contribution in [1.29, 1.82) is 0 Å². The van der Waals surface area contributed by atoms with E-state index >= 15 is 0 Å². The van der Waals surface area contributed by atoms with Gasteiger partial charge in [-0.1, -0.05) is 23.4 Å². The first-order valence-electron chi connectivity index (χ1n) is 6.59. The Bertz CT molecular complexity index is 597. The van der Waals surface area contributed by atoms with Crippen molar-refractivity contribution in [3.05, 3.63) is 35.7 Å². The number of hydrogen-bond donors (Lipinski definition) is 3. The van der Waals surface area contributed by atoms with Gasteiger partial charge in [-0.15, -0.1) is 10.2 Å². The van der Waals surface area contributed by atoms with Crippen LogP contribution in [0.2, 0.25) is 0 Å². The van der Waals surface area contributed by atoms with Crippen LogP contribution in [0.3, 0.4) is 0 Å². The van der Waals surface area contributed by atoms with Crippen molar-refractivity contribution >= 4 is 11.6 Å². The SMILES string of the molecule is CC(NC(=O)CC1CNc2ccccc21)c1nn[nH]n1. The molecule has 1 aromatic carbocycles. The number of benzene rings is 1. The van der Waals surface area contributed by atoms with Gasteiger partial charge >= 0.3 is 0 Å². The third kappa shape index (κ3) is 2.47. The summed E-state index contributed by atoms with van der Waals surface area (Å²) in [5, 5.41) is 19.8. The molecule has 7 heteroatoms. The highest BCUT2D eigenvalue weighted by molar-refractivity contribution is 5.78. The minimum atomic E-state index is -0.245. The number of nitrogens with one attached hydrogen (secondary N) is 3. The van der Waals surface area contributed by atoms with Crippen molar-refractivity contribution in [2.75, 3.05) is 11.9 Å². The van der Waals surface area contributed by atoms with Crippen molar-refractivity contribution in [3.8, 4) is 0 Å². The topological polar surface area (TPSA) is 95.6 Å². The standard InChI is InChI=1S/C13H16N6O/c1-8(13-16-18-19-17-13)15-12(20)6-9-7-14-11-5-3-2-4-10(9)11/h2-5,8-9,14H,6-7H2,1H3,(H,15,20)(H,16,17,18,19). The Hall–Kier alpha value is -2.44. The van der Waals surface area contributed by atoms with Gasteiger partial charge in [-0.05, 0) is 18.6 Å². The lowest BCUT2D eigenvalue weighted by atomic mass is 9.97. The van der Waals surface area contributed by atoms with Gasteiger partial charge in [0.05, 0.1) is 6.04 Å². The second-order valence-corrected chi connectivity index (χ2v) is 4.93. The highest BCUT2D eigenvalue weighted by Gasteiger charge is 2.25. The van der Waals surface area contributed by atoms with Crippen molar-refractivity contribution in [1.82, 2.24) is 25.9 Å². The lowest BCUT2D eigenvalue weighted by molar-refractivity contribution is -0.122. The second kappa shape index (κ2) is 5.28. The van der Waals surface area contributed by atoms with E-state index in [1.807, 2.05) is 25.1 Å². The molecule has 1 aromatic heterocycles. The highest BCUT2D eigenvalue weighted by atomic mass is 16.1. The van der Waals surface area contributed by atoms with Crippen LogP contribution in [0.4, 0.5) is 5.69 Å². The number of hydrogen-bond acceptors (Lipinski definition) is 5. The summed E-state index contributed by atoms with van der Waals surface area (Å²) < 4.78 is 0. The van der Waals surface area contributed by atoms with Crippen LogP contribution in [-0.4, -0.2) is 33.1 Å². The van der Waals surface area contributed by atoms with Gasteiger partial charge < -0.3 is 10.6 Å². The van der Waals surface area contributed by atoms with E-state index in [2.05, 4.69) is 37.3 Å². The number of H-pyrrole nitrogens is 1. The molecule has 2 aromatic rings. The molecule has 104 valence electrons. The Morgan fingerprint density at radius 1 is 1.50 bits per heavy atom. The number of aromatic amines is 1. The van der Waals surface area contributed by atoms with E-state index in [1.54, 1.807) is 0 Å². The normalized spacial score (nSPS) is 18.1. The quantitative estimate of drug-likeness (QED) is 0.771. The minimum Gasteiger partial charge on any atom is -0.384 e. The molecule has 3 rings (SSSR count). The van der Waals surface area contributed by atoms with Gasteiger partial charge in [-0.3, -0.25) is 4.79 Å². The van der Waals surface area contributed by atoms with Crippen LogP contribution in [-0.2, 0) is 4.79 Å². The summed E-state index contributed by atoms with van der Waals surface area (Å²) in [5.74, 6) is 0.692. The molecular formula is C13H16N6O. The third-order valence-corrected chi connectivity index (χ3v) is 3.50. The monoisotopic (exact) mass is 272 g/mol. The summed E-state index contributed by atoms with van der Waals surface area (Å²) >= 11 is 0. The number of carbonyl (C=O) groups is 1. The van der Waals surface area contributed by atoms with Crippen molar-refractivity contribution in [3.63, 3.8) is 0 Å². The first-order chi connectivity index (χ1) is 9.74. The van der Waals surface area contributed by atoms with Gasteiger partial charge in [0.1, 0.15) is 0 Å². The maximum atomic E-state index is 12.1. The number of rotatable bonds is 4. The third-order valence-electron chi connectivity index (χ3n) is 3.50. The molecule has 0 radical (unpaired) electrons. The van der Waals surface area contributed by atoms with Crippen molar-refractivity contribution in [2.45, 2.75) is 25.3 Å². The summed E-state index contributed by atoms with van der Waals surface area (Å²) in [7, 11) is 0. The molecule has 0 bridgehead atoms. The molecule has 2 unspecified atom stereocenters. The van der Waals surface area contributed by atoms with Crippen LogP contribution in [0.25, 0.3) is 0 Å². The Balaban J connectivity index is 1.60. The fourth-order valence-corrected chi connectivity index (χ4v) is 2.48. The zero-order valence-electron chi connectivity index (χ0n) is 11.1. The van der Waals surface area contributed by atoms with E-state index in [-0.39, 0.29) is 17.9 Å². The van der Waals surface area contributed by atoms with E-state index in [0.717, 1.165) is 12.2 Å². The Morgan fingerprint density at radius 3 is 3.15 bits per heavy atom. The fraction of sp³-hybridized carbons (Fsp3) is 0.385. The molecule has 0 spiro atoms. The predicted molar refractivity (Wildman–Crippen MR) is 73.0 cm³/mol. The molecule has 0 saturated carbocycles. The van der Waals surface area contributed by atoms with E-state index in [4.69, 9.17) is 0 Å². The summed E-state index contributed by atoms with van der Waals surface area (Å²) in [4.78, 5) is 12.1. The molecule has 0 aliphatic carbocycles. The van der Waals surface area contributed by atoms with Gasteiger partial charge in [0.15, 0.2) is 5.82 Å². The predicted octanol–water partition coefficient (Wildman–Crippen LogP) is 0.976. The van der Waals surface area contributed by atoms with E-state index in [9.17, 15) is 4.79 Å². The molecule has 7 nitrogen and oxygen atoms in total. The number of tetrazole rings is 1. The Kier molecular flexibility index (Phi) is 3.32. The van der Waals surface area contributed by atoms with E-state index in [1.165, 1.54) is 5.56 Å². The van der Waals surface area contributed by atoms with E-state index < -0.39 is 0 Å². The summed E-state index contributed by atoms with van der Waals surface area (Å²) in [6, 6.07) is 7.85. The van der Waals surface area contributed by atoms with Crippen molar-refractivity contribution in [2.24, 2.45) is 0 Å². The summed E-state index contributed by atoms with van der Waals surface area (Å²) in [6.45, 7) is 2.63. The number of nitrogens with zero attached hydrogens (tertiary/aromatic N) is 3. The van der Waals surface area contributed by atoms with Crippen LogP contribution in [0.5, 0.6) is 0 Å². The molecule has 20 heavy (non-hydrogen) atoms. The molecule has 0 saturated heterocycles. The smallest absolute Gasteiger partial charge is 0.221 e. The van der Waals surface area contributed by atoms with Crippen LogP contribution in [0, 0.1) is 0 Å². The number of amides is 1. The lowest BCUT2D eigenvalue weighted by Crippen LogP contribution is -2.29. The average molecular weight is 272 g/mol. The second-order valence-electron chi connectivity index (χ2n) is 4.93. The van der Waals surface area contributed by atoms with E-state index in [0.29, 0.717) is 12.2 Å². The average Bonchev–Trinajstić information content (AvgIpc) is 3.09. The summed E-state index contributed by atoms with van der Waals surface area (Å²) in [6.07, 6.45) is 0.451. The molecule has 2 heterocycles. The maximum absolute atomic E-state index is 12.1. The van der Waals surface area contributed by atoms with Gasteiger partial charge in [0.25, 0.3) is 0 Å². The Morgan fingerprint density at radius 2 is 2.35 bits per heavy atom. The highest BCUT2D eigenvalue weighted by Crippen LogP contribution is 2.33. The summed E-state index contributed by atoms with van der Waals surface area (Å²) in [5.41, 5.74) is 2.33. The first-order valence-corrected chi connectivity index (χ1v) is 6.59. The van der Waals surface area contributed by atoms with Crippen LogP contribution < -0.4 is 10.6 Å². The first kappa shape index (κ1) is 12.6. The molecule has 0 fully saturated rings.